The average Bonchev–Trinajstić information content (AvgIpc) is 2.61. The van der Waals surface area contributed by atoms with E-state index in [9.17, 15) is 23.6 Å². The predicted octanol–water partition coefficient (Wildman–Crippen LogP) is 3.65. The monoisotopic (exact) mass is 390 g/mol. The van der Waals surface area contributed by atoms with E-state index in [1.807, 2.05) is 26.8 Å². The van der Waals surface area contributed by atoms with Crippen molar-refractivity contribution in [1.29, 1.82) is 5.26 Å². The summed E-state index contributed by atoms with van der Waals surface area (Å²) in [7, 11) is 1.60. The van der Waals surface area contributed by atoms with Crippen LogP contribution in [0, 0.1) is 33.8 Å². The normalized spacial score (nSPS) is 20.9. The maximum absolute atomic E-state index is 13.6. The zero-order chi connectivity index (χ0) is 21.1. The molecule has 0 aromatic heterocycles. The summed E-state index contributed by atoms with van der Waals surface area (Å²) in [5.41, 5.74) is -0.885. The van der Waals surface area contributed by atoms with Gasteiger partial charge in [0.15, 0.2) is 24.0 Å². The first kappa shape index (κ1) is 21.5. The summed E-state index contributed by atoms with van der Waals surface area (Å²) in [5, 5.41) is 9.23. The smallest absolute Gasteiger partial charge is 0.260 e. The second kappa shape index (κ2) is 8.09. The molecule has 0 heterocycles. The van der Waals surface area contributed by atoms with E-state index in [1.54, 1.807) is 13.1 Å². The van der Waals surface area contributed by atoms with Gasteiger partial charge in [0.1, 0.15) is 11.9 Å². The molecule has 7 heteroatoms. The van der Waals surface area contributed by atoms with E-state index >= 15 is 0 Å². The fourth-order valence-electron chi connectivity index (χ4n) is 3.55. The second-order valence-corrected chi connectivity index (χ2v) is 8.14. The number of carbonyl (C=O) groups is 2. The van der Waals surface area contributed by atoms with Gasteiger partial charge < -0.3 is 9.64 Å². The van der Waals surface area contributed by atoms with Crippen molar-refractivity contribution in [2.75, 3.05) is 20.2 Å². The third kappa shape index (κ3) is 4.94. The number of amides is 1. The van der Waals surface area contributed by atoms with Crippen molar-refractivity contribution in [3.8, 4) is 11.8 Å². The molecule has 28 heavy (non-hydrogen) atoms. The van der Waals surface area contributed by atoms with E-state index in [1.165, 1.54) is 4.90 Å². The van der Waals surface area contributed by atoms with Gasteiger partial charge in [0, 0.05) is 25.1 Å². The zero-order valence-electron chi connectivity index (χ0n) is 16.5. The Morgan fingerprint density at radius 3 is 2.61 bits per heavy atom. The highest BCUT2D eigenvalue weighted by Gasteiger charge is 2.42. The second-order valence-electron chi connectivity index (χ2n) is 8.14. The number of nitrogens with zero attached hydrogens (tertiary/aromatic N) is 2. The van der Waals surface area contributed by atoms with Crippen LogP contribution in [0.25, 0.3) is 0 Å². The topological polar surface area (TPSA) is 70.4 Å². The average molecular weight is 390 g/mol. The molecule has 2 rings (SSSR count). The van der Waals surface area contributed by atoms with Crippen LogP contribution in [0.15, 0.2) is 29.8 Å². The molecule has 1 aromatic carbocycles. The van der Waals surface area contributed by atoms with Gasteiger partial charge in [0.05, 0.1) is 5.57 Å². The summed E-state index contributed by atoms with van der Waals surface area (Å²) < 4.78 is 31.6. The maximum Gasteiger partial charge on any atom is 0.260 e. The SMILES string of the molecule is CN(CC[C@]1(C)C=C(C#N)C(=O)C(C)(C)C1)C(=O)COc1ccc(F)cc1F. The van der Waals surface area contributed by atoms with Gasteiger partial charge in [-0.2, -0.15) is 5.26 Å². The Kier molecular flexibility index (Phi) is 6.23. The lowest BCUT2D eigenvalue weighted by molar-refractivity contribution is -0.132. The molecule has 0 saturated carbocycles. The lowest BCUT2D eigenvalue weighted by Gasteiger charge is -2.39. The van der Waals surface area contributed by atoms with Gasteiger partial charge in [-0.3, -0.25) is 9.59 Å². The molecule has 1 amide bonds. The van der Waals surface area contributed by atoms with Crippen LogP contribution < -0.4 is 4.74 Å². The summed E-state index contributed by atoms with van der Waals surface area (Å²) >= 11 is 0. The molecule has 1 aliphatic rings. The minimum absolute atomic E-state index is 0.155. The van der Waals surface area contributed by atoms with Crippen LogP contribution in [0.2, 0.25) is 0 Å². The first-order valence-electron chi connectivity index (χ1n) is 8.97. The standard InChI is InChI=1S/C21H24F2N2O3/c1-20(2)13-21(3,10-14(11-24)19(20)27)7-8-25(4)18(26)12-28-17-6-5-15(22)9-16(17)23/h5-6,9-10H,7-8,12-13H2,1-4H3/t21-/m1/s1. The van der Waals surface area contributed by atoms with Gasteiger partial charge in [0.2, 0.25) is 0 Å². The van der Waals surface area contributed by atoms with Crippen molar-refractivity contribution in [3.05, 3.63) is 41.5 Å². The Hall–Kier alpha value is -2.75. The molecular weight excluding hydrogens is 366 g/mol. The zero-order valence-corrected chi connectivity index (χ0v) is 16.5. The van der Waals surface area contributed by atoms with Crippen LogP contribution in [-0.4, -0.2) is 36.8 Å². The summed E-state index contributed by atoms with van der Waals surface area (Å²) in [6.45, 7) is 5.60. The third-order valence-corrected chi connectivity index (χ3v) is 5.01. The molecule has 150 valence electrons. The predicted molar refractivity (Wildman–Crippen MR) is 99.3 cm³/mol. The minimum atomic E-state index is -0.869. The molecule has 5 nitrogen and oxygen atoms in total. The Bertz CT molecular complexity index is 858. The molecular formula is C21H24F2N2O3. The number of nitriles is 1. The van der Waals surface area contributed by atoms with E-state index in [2.05, 4.69) is 0 Å². The number of ether oxygens (including phenoxy) is 1. The van der Waals surface area contributed by atoms with Crippen molar-refractivity contribution < 1.29 is 23.1 Å². The Morgan fingerprint density at radius 2 is 2.00 bits per heavy atom. The van der Waals surface area contributed by atoms with Gasteiger partial charge in [-0.1, -0.05) is 26.8 Å². The summed E-state index contributed by atoms with van der Waals surface area (Å²) in [5.74, 6) is -2.30. The highest BCUT2D eigenvalue weighted by Crippen LogP contribution is 2.44. The van der Waals surface area contributed by atoms with Gasteiger partial charge in [-0.05, 0) is 30.4 Å². The van der Waals surface area contributed by atoms with Crippen molar-refractivity contribution in [2.45, 2.75) is 33.6 Å². The third-order valence-electron chi connectivity index (χ3n) is 5.01. The number of ketones is 1. The number of benzene rings is 1. The number of halogens is 2. The first-order chi connectivity index (χ1) is 13.0. The van der Waals surface area contributed by atoms with Crippen molar-refractivity contribution in [2.24, 2.45) is 10.8 Å². The lowest BCUT2D eigenvalue weighted by Crippen LogP contribution is -2.40. The number of allylic oxidation sites excluding steroid dienone is 2. The van der Waals surface area contributed by atoms with E-state index in [0.29, 0.717) is 25.5 Å². The summed E-state index contributed by atoms with van der Waals surface area (Å²) in [6.07, 6.45) is 2.83. The van der Waals surface area contributed by atoms with Crippen LogP contribution in [0.3, 0.4) is 0 Å². The largest absolute Gasteiger partial charge is 0.481 e. The number of carbonyl (C=O) groups excluding carboxylic acids is 2. The van der Waals surface area contributed by atoms with Crippen molar-refractivity contribution >= 4 is 11.7 Å². The Balaban J connectivity index is 1.96. The van der Waals surface area contributed by atoms with Crippen LogP contribution in [-0.2, 0) is 9.59 Å². The van der Waals surface area contributed by atoms with E-state index in [0.717, 1.165) is 12.1 Å². The van der Waals surface area contributed by atoms with E-state index in [4.69, 9.17) is 4.74 Å². The first-order valence-corrected chi connectivity index (χ1v) is 8.97. The molecule has 0 saturated heterocycles. The molecule has 0 fully saturated rings. The van der Waals surface area contributed by atoms with Crippen LogP contribution in [0.4, 0.5) is 8.78 Å². The number of hydrogen-bond acceptors (Lipinski definition) is 4. The van der Waals surface area contributed by atoms with E-state index in [-0.39, 0.29) is 29.6 Å². The molecule has 0 radical (unpaired) electrons. The van der Waals surface area contributed by atoms with Gasteiger partial charge >= 0.3 is 0 Å². The van der Waals surface area contributed by atoms with Crippen molar-refractivity contribution in [3.63, 3.8) is 0 Å². The van der Waals surface area contributed by atoms with Gasteiger partial charge in [-0.15, -0.1) is 0 Å². The van der Waals surface area contributed by atoms with Crippen LogP contribution in [0.1, 0.15) is 33.6 Å². The van der Waals surface area contributed by atoms with Gasteiger partial charge in [-0.25, -0.2) is 8.78 Å². The lowest BCUT2D eigenvalue weighted by atomic mass is 9.64. The Morgan fingerprint density at radius 1 is 1.32 bits per heavy atom. The number of likely N-dealkylation sites (N-methyl/N-ethyl adjacent to an activating group) is 1. The molecule has 0 aliphatic heterocycles. The quantitative estimate of drug-likeness (QED) is 0.743. The molecule has 0 unspecified atom stereocenters. The number of Topliss-reactive ketones (excluding diaryl/α,β-unsaturated/α-hetero) is 1. The fourth-order valence-corrected chi connectivity index (χ4v) is 3.55. The maximum atomic E-state index is 13.6. The summed E-state index contributed by atoms with van der Waals surface area (Å²) in [4.78, 5) is 26.0. The molecule has 1 aromatic rings. The molecule has 1 atom stereocenters. The summed E-state index contributed by atoms with van der Waals surface area (Å²) in [6, 6.07) is 4.85. The molecule has 0 bridgehead atoms. The fraction of sp³-hybridized carbons (Fsp3) is 0.476. The highest BCUT2D eigenvalue weighted by molar-refractivity contribution is 6.03. The molecule has 0 N–H and O–H groups in total. The van der Waals surface area contributed by atoms with Gasteiger partial charge in [0.25, 0.3) is 5.91 Å². The molecule has 1 aliphatic carbocycles. The molecule has 0 spiro atoms. The number of hydrogen-bond donors (Lipinski definition) is 0. The number of rotatable bonds is 6. The van der Waals surface area contributed by atoms with E-state index < -0.39 is 22.5 Å². The van der Waals surface area contributed by atoms with Crippen molar-refractivity contribution in [1.82, 2.24) is 4.90 Å². The van der Waals surface area contributed by atoms with Crippen LogP contribution >= 0.6 is 0 Å². The minimum Gasteiger partial charge on any atom is -0.481 e. The van der Waals surface area contributed by atoms with Crippen LogP contribution in [0.5, 0.6) is 5.75 Å². The Labute approximate surface area is 163 Å². The highest BCUT2D eigenvalue weighted by atomic mass is 19.1.